The molecule has 0 amide bonds. The van der Waals surface area contributed by atoms with Crippen LogP contribution in [0.25, 0.3) is 99.8 Å². The average Bonchev–Trinajstić information content (AvgIpc) is 3.59. The van der Waals surface area contributed by atoms with E-state index < -0.39 is 0 Å². The van der Waals surface area contributed by atoms with Crippen LogP contribution in [-0.4, -0.2) is 15.0 Å². The van der Waals surface area contributed by atoms with Crippen molar-refractivity contribution >= 4 is 43.6 Å². The summed E-state index contributed by atoms with van der Waals surface area (Å²) in [7, 11) is 0. The predicted molar refractivity (Wildman–Crippen MR) is 209 cm³/mol. The number of aromatic nitrogens is 3. The number of rotatable bonds is 5. The van der Waals surface area contributed by atoms with Gasteiger partial charge in [-0.2, -0.15) is 0 Å². The molecule has 0 fully saturated rings. The first kappa shape index (κ1) is 29.0. The second-order valence-electron chi connectivity index (χ2n) is 12.8. The molecule has 0 unspecified atom stereocenters. The number of furan rings is 1. The third kappa shape index (κ3) is 5.04. The van der Waals surface area contributed by atoms with E-state index in [9.17, 15) is 0 Å². The molecule has 0 saturated carbocycles. The zero-order chi connectivity index (χ0) is 33.7. The summed E-state index contributed by atoms with van der Waals surface area (Å²) in [5.41, 5.74) is 11.6. The summed E-state index contributed by atoms with van der Waals surface area (Å²) in [6.45, 7) is 0. The number of hydrogen-bond acceptors (Lipinski definition) is 4. The summed E-state index contributed by atoms with van der Waals surface area (Å²) in [4.78, 5) is 15.1. The minimum absolute atomic E-state index is 0.681. The van der Waals surface area contributed by atoms with E-state index in [4.69, 9.17) is 14.4 Å². The molecule has 0 aliphatic carbocycles. The van der Waals surface area contributed by atoms with E-state index in [1.54, 1.807) is 0 Å². The predicted octanol–water partition coefficient (Wildman–Crippen LogP) is 12.4. The van der Waals surface area contributed by atoms with Crippen LogP contribution in [-0.2, 0) is 0 Å². The molecule has 3 heterocycles. The number of hydrogen-bond donors (Lipinski definition) is 0. The molecule has 0 saturated heterocycles. The Balaban J connectivity index is 1.26. The Morgan fingerprint density at radius 1 is 0.373 bits per heavy atom. The summed E-state index contributed by atoms with van der Waals surface area (Å²) in [6, 6.07) is 59.3. The van der Waals surface area contributed by atoms with Crippen molar-refractivity contribution in [2.75, 3.05) is 0 Å². The van der Waals surface area contributed by atoms with E-state index in [1.807, 2.05) is 48.7 Å². The zero-order valence-electron chi connectivity index (χ0n) is 27.5. The van der Waals surface area contributed by atoms with Gasteiger partial charge in [0.15, 0.2) is 11.4 Å². The van der Waals surface area contributed by atoms with Crippen LogP contribution in [0.15, 0.2) is 180 Å². The summed E-state index contributed by atoms with van der Waals surface area (Å²) < 4.78 is 6.16. The van der Waals surface area contributed by atoms with Gasteiger partial charge in [0.2, 0.25) is 0 Å². The molecule has 0 N–H and O–H groups in total. The molecule has 3 aromatic heterocycles. The lowest BCUT2D eigenvalue weighted by Gasteiger charge is -2.16. The quantitative estimate of drug-likeness (QED) is 0.174. The van der Waals surface area contributed by atoms with Crippen LogP contribution in [0, 0.1) is 0 Å². The molecule has 238 valence electrons. The molecular formula is C47H29N3O. The lowest BCUT2D eigenvalue weighted by molar-refractivity contribution is 0.668. The summed E-state index contributed by atoms with van der Waals surface area (Å²) >= 11 is 0. The molecule has 51 heavy (non-hydrogen) atoms. The number of pyridine rings is 1. The average molecular weight is 652 g/mol. The van der Waals surface area contributed by atoms with E-state index in [-0.39, 0.29) is 0 Å². The Bertz CT molecular complexity index is 2860. The minimum atomic E-state index is 0.681. The highest BCUT2D eigenvalue weighted by molar-refractivity contribution is 6.14. The highest BCUT2D eigenvalue weighted by Crippen LogP contribution is 2.41. The SMILES string of the molecule is c1ccc(-c2cc(-c3cc(-c4cc5ccccc5c5ccccc45)ccc3-c3ccc4oc5cccnc5c4c3)nc(-c3ccccc3)n2)cc1. The van der Waals surface area contributed by atoms with E-state index in [2.05, 4.69) is 132 Å². The van der Waals surface area contributed by atoms with Gasteiger partial charge < -0.3 is 4.42 Å². The molecule has 0 radical (unpaired) electrons. The van der Waals surface area contributed by atoms with Crippen molar-refractivity contribution in [1.82, 2.24) is 15.0 Å². The van der Waals surface area contributed by atoms with Crippen LogP contribution in [0.4, 0.5) is 0 Å². The molecule has 0 spiro atoms. The lowest BCUT2D eigenvalue weighted by atomic mass is 9.89. The number of benzene rings is 7. The molecule has 4 nitrogen and oxygen atoms in total. The Morgan fingerprint density at radius 3 is 1.90 bits per heavy atom. The summed E-state index contributed by atoms with van der Waals surface area (Å²) in [6.07, 6.45) is 1.81. The highest BCUT2D eigenvalue weighted by atomic mass is 16.3. The van der Waals surface area contributed by atoms with E-state index in [0.717, 1.165) is 66.8 Å². The molecule has 4 heteroatoms. The van der Waals surface area contributed by atoms with E-state index in [0.29, 0.717) is 5.82 Å². The Kier molecular flexibility index (Phi) is 6.78. The molecule has 10 aromatic rings. The largest absolute Gasteiger partial charge is 0.454 e. The van der Waals surface area contributed by atoms with Gasteiger partial charge in [0.1, 0.15) is 11.1 Å². The van der Waals surface area contributed by atoms with Crippen molar-refractivity contribution in [3.8, 4) is 56.2 Å². The molecule has 7 aromatic carbocycles. The van der Waals surface area contributed by atoms with Crippen molar-refractivity contribution < 1.29 is 4.42 Å². The third-order valence-corrected chi connectivity index (χ3v) is 9.74. The van der Waals surface area contributed by atoms with E-state index >= 15 is 0 Å². The Morgan fingerprint density at radius 2 is 1.06 bits per heavy atom. The minimum Gasteiger partial charge on any atom is -0.454 e. The van der Waals surface area contributed by atoms with E-state index in [1.165, 1.54) is 27.1 Å². The number of nitrogens with zero attached hydrogens (tertiary/aromatic N) is 3. The van der Waals surface area contributed by atoms with Crippen LogP contribution < -0.4 is 0 Å². The van der Waals surface area contributed by atoms with Gasteiger partial charge in [-0.3, -0.25) is 4.98 Å². The van der Waals surface area contributed by atoms with Gasteiger partial charge in [0.05, 0.1) is 11.4 Å². The summed E-state index contributed by atoms with van der Waals surface area (Å²) in [5.74, 6) is 0.681. The van der Waals surface area contributed by atoms with Crippen LogP contribution in [0.5, 0.6) is 0 Å². The van der Waals surface area contributed by atoms with Crippen molar-refractivity contribution in [3.63, 3.8) is 0 Å². The van der Waals surface area contributed by atoms with Crippen molar-refractivity contribution in [2.24, 2.45) is 0 Å². The lowest BCUT2D eigenvalue weighted by Crippen LogP contribution is -1.97. The Hall–Kier alpha value is -6.91. The molecule has 10 rings (SSSR count). The standard InChI is InChI=1S/C47H29N3O/c1-3-12-30(13-4-1)42-29-43(50-47(49-42)31-14-5-2-6-15-31)40-27-34(39-26-32-16-7-8-17-35(32)37-18-9-10-19-38(37)39)21-23-36(40)33-22-24-44-41(28-33)46-45(51-44)20-11-25-48-46/h1-29H. The zero-order valence-corrected chi connectivity index (χ0v) is 27.5. The first-order valence-corrected chi connectivity index (χ1v) is 17.1. The van der Waals surface area contributed by atoms with Crippen molar-refractivity contribution in [1.29, 1.82) is 0 Å². The fourth-order valence-corrected chi connectivity index (χ4v) is 7.29. The maximum absolute atomic E-state index is 6.16. The monoisotopic (exact) mass is 651 g/mol. The third-order valence-electron chi connectivity index (χ3n) is 9.74. The van der Waals surface area contributed by atoms with Crippen LogP contribution >= 0.6 is 0 Å². The summed E-state index contributed by atoms with van der Waals surface area (Å²) in [5, 5.41) is 5.89. The van der Waals surface area contributed by atoms with Crippen molar-refractivity contribution in [3.05, 3.63) is 176 Å². The fraction of sp³-hybridized carbons (Fsp3) is 0. The first-order chi connectivity index (χ1) is 25.3. The van der Waals surface area contributed by atoms with Crippen LogP contribution in [0.3, 0.4) is 0 Å². The second kappa shape index (κ2) is 11.9. The molecule has 0 bridgehead atoms. The molecule has 0 aliphatic heterocycles. The number of fused-ring (bicyclic) bond motifs is 6. The van der Waals surface area contributed by atoms with Crippen LogP contribution in [0.1, 0.15) is 0 Å². The normalized spacial score (nSPS) is 11.5. The maximum atomic E-state index is 6.16. The van der Waals surface area contributed by atoms with Gasteiger partial charge in [-0.1, -0.05) is 127 Å². The Labute approximate surface area is 294 Å². The van der Waals surface area contributed by atoms with Crippen LogP contribution in [0.2, 0.25) is 0 Å². The van der Waals surface area contributed by atoms with Gasteiger partial charge >= 0.3 is 0 Å². The fourth-order valence-electron chi connectivity index (χ4n) is 7.29. The maximum Gasteiger partial charge on any atom is 0.160 e. The molecular weight excluding hydrogens is 623 g/mol. The molecule has 0 atom stereocenters. The smallest absolute Gasteiger partial charge is 0.160 e. The van der Waals surface area contributed by atoms with Gasteiger partial charge in [-0.05, 0) is 86.3 Å². The van der Waals surface area contributed by atoms with Gasteiger partial charge in [-0.25, -0.2) is 9.97 Å². The highest BCUT2D eigenvalue weighted by Gasteiger charge is 2.18. The first-order valence-electron chi connectivity index (χ1n) is 17.1. The van der Waals surface area contributed by atoms with Gasteiger partial charge in [-0.15, -0.1) is 0 Å². The molecule has 0 aliphatic rings. The topological polar surface area (TPSA) is 51.8 Å². The van der Waals surface area contributed by atoms with Gasteiger partial charge in [0, 0.05) is 28.3 Å². The van der Waals surface area contributed by atoms with Gasteiger partial charge in [0.25, 0.3) is 0 Å². The van der Waals surface area contributed by atoms with Crippen molar-refractivity contribution in [2.45, 2.75) is 0 Å². The second-order valence-corrected chi connectivity index (χ2v) is 12.8.